The predicted octanol–water partition coefficient (Wildman–Crippen LogP) is 2.16. The van der Waals surface area contributed by atoms with Crippen molar-refractivity contribution >= 4 is 11.8 Å². The summed E-state index contributed by atoms with van der Waals surface area (Å²) in [4.78, 5) is 28.4. The summed E-state index contributed by atoms with van der Waals surface area (Å²) in [6.45, 7) is 6.33. The molecule has 0 saturated heterocycles. The molecule has 1 aliphatic rings. The summed E-state index contributed by atoms with van der Waals surface area (Å²) in [7, 11) is 0. The summed E-state index contributed by atoms with van der Waals surface area (Å²) in [5.41, 5.74) is 1.43. The molecule has 0 atom stereocenters. The van der Waals surface area contributed by atoms with Crippen LogP contribution in [0.1, 0.15) is 40.4 Å². The largest absolute Gasteiger partial charge is 0.338 e. The van der Waals surface area contributed by atoms with Crippen molar-refractivity contribution in [3.63, 3.8) is 0 Å². The summed E-state index contributed by atoms with van der Waals surface area (Å²) >= 11 is 0. The van der Waals surface area contributed by atoms with Gasteiger partial charge in [0, 0.05) is 32.2 Å². The van der Waals surface area contributed by atoms with E-state index in [-0.39, 0.29) is 17.6 Å². The van der Waals surface area contributed by atoms with Crippen molar-refractivity contribution in [1.29, 1.82) is 0 Å². The molecule has 0 aliphatic carbocycles. The molecule has 1 aliphatic heterocycles. The molecule has 0 N–H and O–H groups in total. The standard InChI is InChI=1S/C18H21FN4O2/c1-3-21(4-2)17(24)15-11-16-18(25)22(8-9-23(16)20-15)12-13-6-5-7-14(19)10-13/h5-7,10-11H,3-4,8-9,12H2,1-2H3. The molecule has 0 bridgehead atoms. The van der Waals surface area contributed by atoms with Crippen molar-refractivity contribution in [3.8, 4) is 0 Å². The zero-order valence-corrected chi connectivity index (χ0v) is 14.4. The lowest BCUT2D eigenvalue weighted by atomic mass is 10.2. The van der Waals surface area contributed by atoms with Gasteiger partial charge in [0.25, 0.3) is 11.8 Å². The first-order valence-electron chi connectivity index (χ1n) is 8.44. The van der Waals surface area contributed by atoms with E-state index in [1.165, 1.54) is 12.1 Å². The van der Waals surface area contributed by atoms with Crippen LogP contribution in [0.25, 0.3) is 0 Å². The Morgan fingerprint density at radius 2 is 2.00 bits per heavy atom. The van der Waals surface area contributed by atoms with E-state index in [1.54, 1.807) is 32.7 Å². The van der Waals surface area contributed by atoms with Gasteiger partial charge < -0.3 is 9.80 Å². The van der Waals surface area contributed by atoms with Gasteiger partial charge in [-0.2, -0.15) is 5.10 Å². The molecule has 1 aromatic carbocycles. The summed E-state index contributed by atoms with van der Waals surface area (Å²) in [5, 5.41) is 4.29. The summed E-state index contributed by atoms with van der Waals surface area (Å²) in [6.07, 6.45) is 0. The third-order valence-electron chi connectivity index (χ3n) is 4.40. The fourth-order valence-corrected chi connectivity index (χ4v) is 3.02. The van der Waals surface area contributed by atoms with Gasteiger partial charge in [0.15, 0.2) is 5.69 Å². The molecule has 0 fully saturated rings. The highest BCUT2D eigenvalue weighted by Gasteiger charge is 2.28. The third-order valence-corrected chi connectivity index (χ3v) is 4.40. The Morgan fingerprint density at radius 1 is 1.24 bits per heavy atom. The third kappa shape index (κ3) is 3.40. The number of carbonyl (C=O) groups excluding carboxylic acids is 2. The van der Waals surface area contributed by atoms with Crippen LogP contribution in [-0.4, -0.2) is 51.0 Å². The van der Waals surface area contributed by atoms with Crippen molar-refractivity contribution in [3.05, 3.63) is 53.1 Å². The summed E-state index contributed by atoms with van der Waals surface area (Å²) < 4.78 is 14.9. The molecule has 2 aromatic rings. The van der Waals surface area contributed by atoms with E-state index in [1.807, 2.05) is 13.8 Å². The van der Waals surface area contributed by atoms with Crippen LogP contribution in [-0.2, 0) is 13.1 Å². The molecular formula is C18H21FN4O2. The minimum atomic E-state index is -0.320. The molecule has 7 heteroatoms. The van der Waals surface area contributed by atoms with Crippen LogP contribution < -0.4 is 0 Å². The first-order chi connectivity index (χ1) is 12.0. The average Bonchev–Trinajstić information content (AvgIpc) is 3.03. The van der Waals surface area contributed by atoms with Crippen LogP contribution in [0.3, 0.4) is 0 Å². The Bertz CT molecular complexity index is 798. The first-order valence-corrected chi connectivity index (χ1v) is 8.44. The van der Waals surface area contributed by atoms with Gasteiger partial charge in [0.2, 0.25) is 0 Å². The Morgan fingerprint density at radius 3 is 2.68 bits per heavy atom. The maximum Gasteiger partial charge on any atom is 0.274 e. The van der Waals surface area contributed by atoms with E-state index in [0.29, 0.717) is 44.1 Å². The molecule has 132 valence electrons. The number of halogens is 1. The van der Waals surface area contributed by atoms with Crippen LogP contribution in [0.2, 0.25) is 0 Å². The number of hydrogen-bond donors (Lipinski definition) is 0. The minimum Gasteiger partial charge on any atom is -0.338 e. The highest BCUT2D eigenvalue weighted by molar-refractivity contribution is 5.98. The molecular weight excluding hydrogens is 323 g/mol. The molecule has 0 unspecified atom stereocenters. The van der Waals surface area contributed by atoms with Gasteiger partial charge in [0.05, 0.1) is 6.54 Å². The molecule has 0 spiro atoms. The summed E-state index contributed by atoms with van der Waals surface area (Å²) in [6, 6.07) is 7.78. The summed E-state index contributed by atoms with van der Waals surface area (Å²) in [5.74, 6) is -0.683. The number of carbonyl (C=O) groups is 2. The predicted molar refractivity (Wildman–Crippen MR) is 90.6 cm³/mol. The molecule has 1 aromatic heterocycles. The van der Waals surface area contributed by atoms with E-state index < -0.39 is 0 Å². The number of fused-ring (bicyclic) bond motifs is 1. The minimum absolute atomic E-state index is 0.170. The Labute approximate surface area is 145 Å². The maximum absolute atomic E-state index is 13.3. The van der Waals surface area contributed by atoms with Crippen LogP contribution in [0.15, 0.2) is 30.3 Å². The van der Waals surface area contributed by atoms with Gasteiger partial charge in [-0.15, -0.1) is 0 Å². The molecule has 0 saturated carbocycles. The van der Waals surface area contributed by atoms with Crippen LogP contribution >= 0.6 is 0 Å². The van der Waals surface area contributed by atoms with Gasteiger partial charge in [-0.05, 0) is 31.5 Å². The number of amides is 2. The quantitative estimate of drug-likeness (QED) is 0.835. The van der Waals surface area contributed by atoms with E-state index in [2.05, 4.69) is 5.10 Å². The van der Waals surface area contributed by atoms with Gasteiger partial charge in [-0.3, -0.25) is 14.3 Å². The fraction of sp³-hybridized carbons (Fsp3) is 0.389. The van der Waals surface area contributed by atoms with E-state index in [0.717, 1.165) is 5.56 Å². The second-order valence-corrected chi connectivity index (χ2v) is 5.97. The van der Waals surface area contributed by atoms with Crippen molar-refractivity contribution < 1.29 is 14.0 Å². The lowest BCUT2D eigenvalue weighted by molar-refractivity contribution is 0.0681. The van der Waals surface area contributed by atoms with E-state index >= 15 is 0 Å². The zero-order valence-electron chi connectivity index (χ0n) is 14.4. The Hall–Kier alpha value is -2.70. The van der Waals surface area contributed by atoms with Gasteiger partial charge in [-0.1, -0.05) is 12.1 Å². The van der Waals surface area contributed by atoms with Crippen molar-refractivity contribution in [1.82, 2.24) is 19.6 Å². The normalized spacial score (nSPS) is 13.7. The van der Waals surface area contributed by atoms with Crippen molar-refractivity contribution in [2.75, 3.05) is 19.6 Å². The van der Waals surface area contributed by atoms with Gasteiger partial charge in [-0.25, -0.2) is 4.39 Å². The lowest BCUT2D eigenvalue weighted by Gasteiger charge is -2.27. The number of hydrogen-bond acceptors (Lipinski definition) is 3. The monoisotopic (exact) mass is 344 g/mol. The van der Waals surface area contributed by atoms with E-state index in [4.69, 9.17) is 0 Å². The smallest absolute Gasteiger partial charge is 0.274 e. The van der Waals surface area contributed by atoms with Crippen LogP contribution in [0.5, 0.6) is 0 Å². The van der Waals surface area contributed by atoms with E-state index in [9.17, 15) is 14.0 Å². The van der Waals surface area contributed by atoms with Gasteiger partial charge >= 0.3 is 0 Å². The second-order valence-electron chi connectivity index (χ2n) is 5.97. The maximum atomic E-state index is 13.3. The highest BCUT2D eigenvalue weighted by atomic mass is 19.1. The van der Waals surface area contributed by atoms with Crippen LogP contribution in [0, 0.1) is 5.82 Å². The fourth-order valence-electron chi connectivity index (χ4n) is 3.02. The molecule has 25 heavy (non-hydrogen) atoms. The number of benzene rings is 1. The number of nitrogens with zero attached hydrogens (tertiary/aromatic N) is 4. The molecule has 3 rings (SSSR count). The Balaban J connectivity index is 1.80. The topological polar surface area (TPSA) is 58.4 Å². The Kier molecular flexibility index (Phi) is 4.83. The zero-order chi connectivity index (χ0) is 18.0. The highest BCUT2D eigenvalue weighted by Crippen LogP contribution is 2.18. The molecule has 0 radical (unpaired) electrons. The first kappa shape index (κ1) is 17.1. The van der Waals surface area contributed by atoms with Gasteiger partial charge in [0.1, 0.15) is 11.5 Å². The lowest BCUT2D eigenvalue weighted by Crippen LogP contribution is -2.39. The molecule has 2 amide bonds. The molecule has 6 nitrogen and oxygen atoms in total. The van der Waals surface area contributed by atoms with Crippen molar-refractivity contribution in [2.24, 2.45) is 0 Å². The average molecular weight is 344 g/mol. The number of aromatic nitrogens is 2. The van der Waals surface area contributed by atoms with Crippen LogP contribution in [0.4, 0.5) is 4.39 Å². The SMILES string of the molecule is CCN(CC)C(=O)c1cc2n(n1)CCN(Cc1cccc(F)c1)C2=O. The molecule has 2 heterocycles. The second kappa shape index (κ2) is 7.04. The number of rotatable bonds is 5. The van der Waals surface area contributed by atoms with Crippen molar-refractivity contribution in [2.45, 2.75) is 26.9 Å².